The second-order valence-electron chi connectivity index (χ2n) is 5.94. The fourth-order valence-corrected chi connectivity index (χ4v) is 2.98. The summed E-state index contributed by atoms with van der Waals surface area (Å²) in [6.45, 7) is 3.22. The first-order valence-corrected chi connectivity index (χ1v) is 7.69. The van der Waals surface area contributed by atoms with Crippen LogP contribution in [0.1, 0.15) is 34.0 Å². The minimum atomic E-state index is -0.432. The summed E-state index contributed by atoms with van der Waals surface area (Å²) in [5.74, 6) is -0.331. The maximum atomic E-state index is 12.6. The highest BCUT2D eigenvalue weighted by Gasteiger charge is 2.24. The Balaban J connectivity index is 1.76. The molecule has 118 valence electrons. The van der Waals surface area contributed by atoms with E-state index in [1.807, 2.05) is 25.1 Å². The highest BCUT2D eigenvalue weighted by molar-refractivity contribution is 5.98. The van der Waals surface area contributed by atoms with Crippen LogP contribution in [0.4, 0.5) is 0 Å². The second kappa shape index (κ2) is 6.24. The molecule has 0 aromatic heterocycles. The van der Waals surface area contributed by atoms with Crippen molar-refractivity contribution in [1.82, 2.24) is 5.32 Å². The van der Waals surface area contributed by atoms with Crippen molar-refractivity contribution in [3.63, 3.8) is 0 Å². The zero-order valence-electron chi connectivity index (χ0n) is 13.3. The van der Waals surface area contributed by atoms with Gasteiger partial charge in [-0.15, -0.1) is 0 Å². The van der Waals surface area contributed by atoms with Crippen LogP contribution in [0, 0.1) is 6.92 Å². The normalized spacial score (nSPS) is 13.5. The Hall–Kier alpha value is -2.62. The number of hydrogen-bond acceptors (Lipinski definition) is 3. The van der Waals surface area contributed by atoms with Gasteiger partial charge in [0.05, 0.1) is 5.56 Å². The van der Waals surface area contributed by atoms with Crippen LogP contribution in [0.5, 0.6) is 5.75 Å². The molecule has 1 N–H and O–H groups in total. The van der Waals surface area contributed by atoms with Gasteiger partial charge in [0.15, 0.2) is 0 Å². The first kappa shape index (κ1) is 15.3. The van der Waals surface area contributed by atoms with Crippen molar-refractivity contribution in [2.24, 2.45) is 0 Å². The van der Waals surface area contributed by atoms with E-state index in [1.165, 1.54) is 18.1 Å². The molecule has 0 heterocycles. The number of rotatable bonds is 3. The number of amides is 1. The minimum absolute atomic E-state index is 0.0754. The van der Waals surface area contributed by atoms with Gasteiger partial charge in [-0.25, -0.2) is 0 Å². The average Bonchev–Trinajstić information content (AvgIpc) is 2.88. The van der Waals surface area contributed by atoms with Crippen molar-refractivity contribution in [3.05, 3.63) is 64.7 Å². The molecule has 1 aliphatic carbocycles. The summed E-state index contributed by atoms with van der Waals surface area (Å²) >= 11 is 0. The van der Waals surface area contributed by atoms with Crippen LogP contribution < -0.4 is 10.1 Å². The molecule has 3 rings (SSSR count). The first-order chi connectivity index (χ1) is 11.0. The van der Waals surface area contributed by atoms with Crippen LogP contribution >= 0.6 is 0 Å². The lowest BCUT2D eigenvalue weighted by atomic mass is 10.1. The van der Waals surface area contributed by atoms with Gasteiger partial charge in [-0.05, 0) is 48.6 Å². The molecule has 2 aromatic rings. The smallest absolute Gasteiger partial charge is 0.308 e. The molecule has 0 saturated carbocycles. The molecular weight excluding hydrogens is 290 g/mol. The Morgan fingerprint density at radius 1 is 1.09 bits per heavy atom. The molecule has 0 unspecified atom stereocenters. The van der Waals surface area contributed by atoms with Crippen molar-refractivity contribution in [1.29, 1.82) is 0 Å². The van der Waals surface area contributed by atoms with Gasteiger partial charge in [0, 0.05) is 13.0 Å². The maximum absolute atomic E-state index is 12.6. The molecule has 0 saturated heterocycles. The lowest BCUT2D eigenvalue weighted by Crippen LogP contribution is -2.35. The predicted octanol–water partition coefficient (Wildman–Crippen LogP) is 2.82. The number of carbonyl (C=O) groups is 2. The standard InChI is InChI=1S/C19H19NO3/c1-12-7-8-17(18(9-12)23-13(2)21)19(22)20-16-10-14-5-3-4-6-15(14)11-16/h3-9,16H,10-11H2,1-2H3,(H,20,22). The molecule has 0 radical (unpaired) electrons. The van der Waals surface area contributed by atoms with Crippen LogP contribution in [0.25, 0.3) is 0 Å². The quantitative estimate of drug-likeness (QED) is 0.700. The van der Waals surface area contributed by atoms with Gasteiger partial charge in [0.25, 0.3) is 5.91 Å². The first-order valence-electron chi connectivity index (χ1n) is 7.69. The Morgan fingerprint density at radius 2 is 1.74 bits per heavy atom. The molecule has 1 amide bonds. The van der Waals surface area contributed by atoms with Crippen LogP contribution in [-0.4, -0.2) is 17.9 Å². The van der Waals surface area contributed by atoms with Gasteiger partial charge in [-0.1, -0.05) is 30.3 Å². The second-order valence-corrected chi connectivity index (χ2v) is 5.94. The van der Waals surface area contributed by atoms with Crippen molar-refractivity contribution in [2.75, 3.05) is 0 Å². The molecule has 0 bridgehead atoms. The van der Waals surface area contributed by atoms with E-state index >= 15 is 0 Å². The van der Waals surface area contributed by atoms with Crippen molar-refractivity contribution < 1.29 is 14.3 Å². The summed E-state index contributed by atoms with van der Waals surface area (Å²) < 4.78 is 5.17. The van der Waals surface area contributed by atoms with E-state index in [-0.39, 0.29) is 11.9 Å². The number of nitrogens with one attached hydrogen (secondary N) is 1. The molecule has 4 nitrogen and oxygen atoms in total. The van der Waals surface area contributed by atoms with Gasteiger partial charge in [-0.3, -0.25) is 9.59 Å². The van der Waals surface area contributed by atoms with E-state index < -0.39 is 5.97 Å². The summed E-state index contributed by atoms with van der Waals surface area (Å²) in [5.41, 5.74) is 3.89. The Labute approximate surface area is 135 Å². The maximum Gasteiger partial charge on any atom is 0.308 e. The zero-order chi connectivity index (χ0) is 16.4. The zero-order valence-corrected chi connectivity index (χ0v) is 13.3. The van der Waals surface area contributed by atoms with Crippen molar-refractivity contribution in [3.8, 4) is 5.75 Å². The van der Waals surface area contributed by atoms with Gasteiger partial charge >= 0.3 is 5.97 Å². The molecule has 23 heavy (non-hydrogen) atoms. The minimum Gasteiger partial charge on any atom is -0.426 e. The predicted molar refractivity (Wildman–Crippen MR) is 87.6 cm³/mol. The fraction of sp³-hybridized carbons (Fsp3) is 0.263. The third-order valence-electron chi connectivity index (χ3n) is 4.02. The number of esters is 1. The number of fused-ring (bicyclic) bond motifs is 1. The molecule has 1 aliphatic rings. The number of carbonyl (C=O) groups excluding carboxylic acids is 2. The molecule has 0 aliphatic heterocycles. The van der Waals surface area contributed by atoms with Crippen molar-refractivity contribution >= 4 is 11.9 Å². The fourth-order valence-electron chi connectivity index (χ4n) is 2.98. The Bertz CT molecular complexity index is 742. The largest absolute Gasteiger partial charge is 0.426 e. The van der Waals surface area contributed by atoms with Gasteiger partial charge in [-0.2, -0.15) is 0 Å². The van der Waals surface area contributed by atoms with E-state index in [4.69, 9.17) is 4.74 Å². The summed E-state index contributed by atoms with van der Waals surface area (Å²) in [6, 6.07) is 13.5. The average molecular weight is 309 g/mol. The number of hydrogen-bond donors (Lipinski definition) is 1. The van der Waals surface area contributed by atoms with E-state index in [1.54, 1.807) is 12.1 Å². The van der Waals surface area contributed by atoms with Gasteiger partial charge in [0.2, 0.25) is 0 Å². The third-order valence-corrected chi connectivity index (χ3v) is 4.02. The molecule has 0 spiro atoms. The SMILES string of the molecule is CC(=O)Oc1cc(C)ccc1C(=O)NC1Cc2ccccc2C1. The number of aryl methyl sites for hydroxylation is 1. The van der Waals surface area contributed by atoms with E-state index in [2.05, 4.69) is 17.4 Å². The molecule has 0 atom stereocenters. The van der Waals surface area contributed by atoms with Crippen LogP contribution in [0.2, 0.25) is 0 Å². The van der Waals surface area contributed by atoms with Crippen LogP contribution in [-0.2, 0) is 17.6 Å². The van der Waals surface area contributed by atoms with Crippen LogP contribution in [0.15, 0.2) is 42.5 Å². The summed E-state index contributed by atoms with van der Waals surface area (Å²) in [4.78, 5) is 23.8. The van der Waals surface area contributed by atoms with E-state index in [0.717, 1.165) is 18.4 Å². The lowest BCUT2D eigenvalue weighted by Gasteiger charge is -2.14. The topological polar surface area (TPSA) is 55.4 Å². The molecule has 0 fully saturated rings. The molecular formula is C19H19NO3. The lowest BCUT2D eigenvalue weighted by molar-refractivity contribution is -0.131. The highest BCUT2D eigenvalue weighted by Crippen LogP contribution is 2.24. The number of benzene rings is 2. The Kier molecular flexibility index (Phi) is 4.15. The molecule has 2 aromatic carbocycles. The Morgan fingerprint density at radius 3 is 2.35 bits per heavy atom. The third kappa shape index (κ3) is 3.42. The van der Waals surface area contributed by atoms with E-state index in [9.17, 15) is 9.59 Å². The summed E-state index contributed by atoms with van der Waals surface area (Å²) in [5, 5.41) is 3.04. The van der Waals surface area contributed by atoms with Gasteiger partial charge in [0.1, 0.15) is 5.75 Å². The van der Waals surface area contributed by atoms with Crippen molar-refractivity contribution in [2.45, 2.75) is 32.7 Å². The summed E-state index contributed by atoms with van der Waals surface area (Å²) in [6.07, 6.45) is 1.66. The highest BCUT2D eigenvalue weighted by atomic mass is 16.5. The molecule has 4 heteroatoms. The summed E-state index contributed by atoms with van der Waals surface area (Å²) in [7, 11) is 0. The van der Waals surface area contributed by atoms with Crippen LogP contribution in [0.3, 0.4) is 0 Å². The monoisotopic (exact) mass is 309 g/mol. The van der Waals surface area contributed by atoms with E-state index in [0.29, 0.717) is 11.3 Å². The number of ether oxygens (including phenoxy) is 1. The van der Waals surface area contributed by atoms with Gasteiger partial charge < -0.3 is 10.1 Å².